The minimum atomic E-state index is -4.25. The van der Waals surface area contributed by atoms with E-state index in [0.29, 0.717) is 51.6 Å². The summed E-state index contributed by atoms with van der Waals surface area (Å²) in [4.78, 5) is 40.7. The largest absolute Gasteiger partial charge is 0.693 e. The fourth-order valence-electron chi connectivity index (χ4n) is 17.5. The fourth-order valence-corrected chi connectivity index (χ4v) is 19.2. The number of fused-ring (bicyclic) bond motifs is 4. The first-order chi connectivity index (χ1) is 58.0. The monoisotopic (exact) mass is 2030 g/mol. The Morgan fingerprint density at radius 3 is 1.50 bits per heavy atom. The molecule has 0 spiro atoms. The molecule has 24 nitrogen and oxygen atoms in total. The number of aliphatic hydroxyl groups is 3. The van der Waals surface area contributed by atoms with Gasteiger partial charge in [-0.1, -0.05) is 154 Å². The Morgan fingerprint density at radius 2 is 1.05 bits per heavy atom. The van der Waals surface area contributed by atoms with Crippen molar-refractivity contribution in [2.45, 2.75) is 243 Å². The summed E-state index contributed by atoms with van der Waals surface area (Å²) in [6, 6.07) is 33.9. The van der Waals surface area contributed by atoms with Crippen LogP contribution < -0.4 is 26.0 Å². The molecule has 4 aromatic rings. The van der Waals surface area contributed by atoms with Crippen LogP contribution in [-0.4, -0.2) is 173 Å². The van der Waals surface area contributed by atoms with Gasteiger partial charge >= 0.3 is 48.9 Å². The van der Waals surface area contributed by atoms with Crippen molar-refractivity contribution in [1.82, 2.24) is 16.2 Å². The van der Waals surface area contributed by atoms with E-state index in [4.69, 9.17) is 60.9 Å². The van der Waals surface area contributed by atoms with Crippen molar-refractivity contribution in [3.8, 4) is 0 Å². The van der Waals surface area contributed by atoms with E-state index in [1.54, 1.807) is 0 Å². The van der Waals surface area contributed by atoms with Crippen LogP contribution in [0.15, 0.2) is 189 Å². The zero-order valence-electron chi connectivity index (χ0n) is 73.6. The van der Waals surface area contributed by atoms with Gasteiger partial charge < -0.3 is 71.7 Å². The van der Waals surface area contributed by atoms with E-state index in [2.05, 4.69) is 224 Å². The Balaban J connectivity index is 0.000000366. The summed E-state index contributed by atoms with van der Waals surface area (Å²) < 4.78 is 80.3. The number of para-hydroxylation sites is 4. The number of nitrogens with two attached hydrogens (primary N) is 2. The SMILES string of the molecule is CC1(C)C(=CC=C2CCCC(C=CC3=[N+](CCCCCC(=O)O)c4ccccc4C3(C)C)=C2Cl)N(CCCCCC(=O)NN[C@@H]2OC(CO)[C@@H](O)[C@H](O)C2[18F])c2ccccc21.COP(C)(=O)OCCCNC(=O)CCCCC[N+]1=C(C=CC2=C(Cl)C(=CC=C3N(CCCCS(=O)(=O)[O-])c4ccccc4C3(C)C)CCC2)C(C)(C)c2ccccc21.O.[Cl][Pt+2][Cl].[NH2-].[NH2-]. The maximum absolute atomic E-state index is 14.5. The molecule has 6 atom stereocenters. The molecular weight excluding hydrogens is 1900 g/mol. The number of alkyl halides is 1. The molecule has 0 bridgehead atoms. The Labute approximate surface area is 765 Å². The first kappa shape index (κ1) is 107. The number of unbranched alkanes of at least 4 members (excludes halogenated alkanes) is 7. The molecule has 2 aliphatic carbocycles. The van der Waals surface area contributed by atoms with Crippen LogP contribution in [0.4, 0.5) is 27.1 Å². The molecule has 4 aromatic carbocycles. The molecule has 0 aromatic heterocycles. The average molecular weight is 2030 g/mol. The second-order valence-electron chi connectivity index (χ2n) is 34.2. The van der Waals surface area contributed by atoms with E-state index in [0.717, 1.165) is 147 Å². The van der Waals surface area contributed by atoms with Gasteiger partial charge in [0.2, 0.25) is 23.2 Å². The first-order valence-electron chi connectivity index (χ1n) is 42.6. The Kier molecular flexibility index (Phi) is 42.6. The number of allylic oxidation sites excluding steroid dienone is 16. The van der Waals surface area contributed by atoms with Gasteiger partial charge in [-0.25, -0.2) is 18.2 Å². The normalized spacial score (nSPS) is 22.0. The van der Waals surface area contributed by atoms with Crippen molar-refractivity contribution >= 4 is 112 Å². The molecule has 11 rings (SSSR count). The Hall–Kier alpha value is -6.33. The van der Waals surface area contributed by atoms with Crippen molar-refractivity contribution in [2.24, 2.45) is 0 Å². The molecule has 692 valence electrons. The van der Waals surface area contributed by atoms with Crippen LogP contribution in [-0.2, 0) is 81.0 Å². The van der Waals surface area contributed by atoms with E-state index < -0.39 is 77.5 Å². The van der Waals surface area contributed by atoms with Crippen LogP contribution in [0.1, 0.15) is 212 Å². The smallest absolute Gasteiger partial charge is 0.693 e. The van der Waals surface area contributed by atoms with Crippen molar-refractivity contribution in [1.29, 1.82) is 0 Å². The van der Waals surface area contributed by atoms with Gasteiger partial charge in [-0.3, -0.25) is 24.4 Å². The van der Waals surface area contributed by atoms with Gasteiger partial charge in [0.25, 0.3) is 0 Å². The summed E-state index contributed by atoms with van der Waals surface area (Å²) in [5.41, 5.74) is 22.8. The van der Waals surface area contributed by atoms with Crippen LogP contribution in [0.3, 0.4) is 0 Å². The molecular formula is C93H130Cl4FN9O15PPtS+. The average Bonchev–Trinajstić information content (AvgIpc) is 1.61. The number of nitrogens with one attached hydrogen (secondary N) is 3. The maximum atomic E-state index is 14.5. The number of carbonyl (C=O) groups is 3. The molecule has 125 heavy (non-hydrogen) atoms. The summed E-state index contributed by atoms with van der Waals surface area (Å²) in [6.45, 7) is 22.6. The molecule has 7 aliphatic rings. The number of carboxylic acid groups (broad SMARTS) is 1. The van der Waals surface area contributed by atoms with Gasteiger partial charge in [0.15, 0.2) is 23.8 Å². The van der Waals surface area contributed by atoms with Gasteiger partial charge in [-0.05, 0) is 182 Å². The number of ether oxygens (including phenoxy) is 1. The molecule has 1 saturated heterocycles. The number of carboxylic acids is 1. The van der Waals surface area contributed by atoms with Crippen LogP contribution in [0.25, 0.3) is 12.3 Å². The predicted octanol–water partition coefficient (Wildman–Crippen LogP) is 19.3. The topological polar surface area (TPSA) is 381 Å². The third-order valence-corrected chi connectivity index (χ3v) is 27.3. The Bertz CT molecular complexity index is 4860. The molecule has 5 aliphatic heterocycles. The number of hydrogen-bond donors (Lipinski definition) is 7. The minimum absolute atomic E-state index is 0. The number of halogens is 5. The number of hydrogen-bond acceptors (Lipinski definition) is 16. The van der Waals surface area contributed by atoms with Crippen molar-refractivity contribution < 1.29 is 102 Å². The van der Waals surface area contributed by atoms with E-state index in [1.807, 2.05) is 12.1 Å². The summed E-state index contributed by atoms with van der Waals surface area (Å²) >= 11 is 14.0. The molecule has 3 unspecified atom stereocenters. The molecule has 13 N–H and O–H groups in total. The molecule has 1 fully saturated rings. The summed E-state index contributed by atoms with van der Waals surface area (Å²) in [6.07, 6.45) is 24.8. The number of amides is 2. The number of carbonyl (C=O) groups excluding carboxylic acids is 2. The van der Waals surface area contributed by atoms with Gasteiger partial charge in [-0.15, -0.1) is 0 Å². The molecule has 32 heteroatoms. The van der Waals surface area contributed by atoms with Crippen LogP contribution in [0, 0.1) is 0 Å². The van der Waals surface area contributed by atoms with Gasteiger partial charge in [0.05, 0.1) is 34.2 Å². The zero-order valence-corrected chi connectivity index (χ0v) is 80.6. The quantitative estimate of drug-likeness (QED) is 0.00720. The minimum Gasteiger partial charge on any atom is -0.693 e. The van der Waals surface area contributed by atoms with Gasteiger partial charge in [0.1, 0.15) is 31.4 Å². The summed E-state index contributed by atoms with van der Waals surface area (Å²) in [5.74, 6) is -1.45. The van der Waals surface area contributed by atoms with E-state index in [1.165, 1.54) is 70.2 Å². The second kappa shape index (κ2) is 49.6. The maximum Gasteiger partial charge on any atom is -0.693 e. The van der Waals surface area contributed by atoms with Crippen LogP contribution in [0.5, 0.6) is 0 Å². The summed E-state index contributed by atoms with van der Waals surface area (Å²) in [7, 11) is 3.86. The molecule has 0 saturated carbocycles. The van der Waals surface area contributed by atoms with E-state index in [9.17, 15) is 51.6 Å². The van der Waals surface area contributed by atoms with Crippen molar-refractivity contribution in [3.63, 3.8) is 0 Å². The number of hydrazine groups is 1. The number of aliphatic hydroxyl groups excluding tert-OH is 3. The standard InChI is InChI=1S/C48H62ClFN4O7.C45H61ClN3O7PS.2ClH.2H2N.H2O.Pt/c1-47(2)33-18-9-11-20-35(33)53(28-13-5-7-22-40(56)51-52-46-43(50)45(60)44(59)37(30-55)61-46)38(47)26-24-31-16-15-17-32(42(31)49)25-27-39-48(3,4)34-19-10-12-21-36(34)54(39)29-14-6-8-23-41(57)58;1-44(2)36-20-9-11-22-38(36)48(30-13-7-8-24-42(50)47-29-17-32-56-57(6,51)55-5)40(44)27-25-34-18-16-19-35(43(34)46)26-28-41-45(3,4)37-21-10-12-23-39(37)49(41)31-14-15-33-58(52,53)54;;;;;;/h9-12,18-21,24-27,37,43-46,52,55,59-60H,5-8,13-17,22-23,28-30H2,1-4H3,(H-,51,56,57,58);9-12,20-23,25-28H,7-8,13-19,24,29-33H2,1-6H3,(H-,47,50,52,53,54);2*1H;3*1H2;/q;;;;2*-1;;+4/p-1/t37?,43?,44-,45-,46-;;;;;;;/m1......./s1/i50-1;;;;;;;. The third-order valence-electron chi connectivity index (χ3n) is 24.3. The predicted molar refractivity (Wildman–Crippen MR) is 497 cm³/mol. The van der Waals surface area contributed by atoms with Crippen LogP contribution >= 0.6 is 49.6 Å². The van der Waals surface area contributed by atoms with Crippen molar-refractivity contribution in [2.75, 3.05) is 75.3 Å². The fraction of sp³-hybridized carbons (Fsp3) is 0.516. The zero-order chi connectivity index (χ0) is 88.7. The second-order valence-corrected chi connectivity index (χ2v) is 41.9. The van der Waals surface area contributed by atoms with E-state index in [-0.39, 0.29) is 76.5 Å². The van der Waals surface area contributed by atoms with Crippen LogP contribution in [0.2, 0.25) is 0 Å². The summed E-state index contributed by atoms with van der Waals surface area (Å²) in [5, 5.41) is 42.8. The van der Waals surface area contributed by atoms with Gasteiger partial charge in [0, 0.05) is 150 Å². The van der Waals surface area contributed by atoms with Gasteiger partial charge in [-0.2, -0.15) is 9.15 Å². The Morgan fingerprint density at radius 1 is 0.616 bits per heavy atom. The third kappa shape index (κ3) is 28.1. The molecule has 2 amide bonds. The van der Waals surface area contributed by atoms with E-state index >= 15 is 0 Å². The molecule has 0 radical (unpaired) electrons. The molecule has 5 heterocycles. The first-order valence-corrected chi connectivity index (χ1v) is 52.5. The number of aliphatic carboxylic acids is 1. The van der Waals surface area contributed by atoms with Crippen molar-refractivity contribution in [3.05, 3.63) is 224 Å². The number of nitrogens with zero attached hydrogens (tertiary/aromatic N) is 4. The number of rotatable bonds is 38. The number of anilines is 2. The number of benzene rings is 4.